The Morgan fingerprint density at radius 1 is 1.25 bits per heavy atom. The van der Waals surface area contributed by atoms with Gasteiger partial charge in [-0.1, -0.05) is 34.1 Å². The molecule has 0 aromatic rings. The summed E-state index contributed by atoms with van der Waals surface area (Å²) in [6.07, 6.45) is 8.35. The second kappa shape index (κ2) is 6.97. The van der Waals surface area contributed by atoms with Gasteiger partial charge in [0.1, 0.15) is 0 Å². The molecule has 3 heteroatoms. The molecule has 6 atom stereocenters. The van der Waals surface area contributed by atoms with Crippen molar-refractivity contribution < 1.29 is 14.6 Å². The minimum Gasteiger partial charge on any atom is -0.469 e. The molecule has 2 aliphatic rings. The first-order valence-electron chi connectivity index (χ1n) is 9.86. The van der Waals surface area contributed by atoms with Crippen molar-refractivity contribution in [1.82, 2.24) is 0 Å². The molecule has 1 N–H and O–H groups in total. The lowest BCUT2D eigenvalue weighted by Crippen LogP contribution is -2.60. The fraction of sp³-hybridized carbons (Fsp3) is 0.952. The zero-order valence-corrected chi connectivity index (χ0v) is 16.7. The summed E-state index contributed by atoms with van der Waals surface area (Å²) in [6, 6.07) is 0. The Bertz CT molecular complexity index is 458. The van der Waals surface area contributed by atoms with Gasteiger partial charge in [-0.05, 0) is 74.0 Å². The highest BCUT2D eigenvalue weighted by Gasteiger charge is 2.59. The van der Waals surface area contributed by atoms with Crippen molar-refractivity contribution in [1.29, 1.82) is 0 Å². The monoisotopic (exact) mass is 338 g/mol. The van der Waals surface area contributed by atoms with Gasteiger partial charge in [-0.2, -0.15) is 0 Å². The van der Waals surface area contributed by atoms with Crippen LogP contribution in [0.3, 0.4) is 0 Å². The molecule has 3 nitrogen and oxygen atoms in total. The Kier molecular flexibility index (Phi) is 5.74. The van der Waals surface area contributed by atoms with E-state index in [2.05, 4.69) is 34.6 Å². The van der Waals surface area contributed by atoms with Gasteiger partial charge in [-0.15, -0.1) is 0 Å². The molecule has 140 valence electrons. The van der Waals surface area contributed by atoms with E-state index in [0.29, 0.717) is 24.2 Å². The molecule has 0 unspecified atom stereocenters. The molecule has 0 spiro atoms. The van der Waals surface area contributed by atoms with Crippen molar-refractivity contribution in [3.05, 3.63) is 0 Å². The summed E-state index contributed by atoms with van der Waals surface area (Å²) in [5.74, 6) is 1.51. The Hall–Kier alpha value is -0.570. The molecule has 2 saturated carbocycles. The number of fused-ring (bicyclic) bond motifs is 1. The Morgan fingerprint density at radius 2 is 1.92 bits per heavy atom. The van der Waals surface area contributed by atoms with Crippen molar-refractivity contribution in [2.45, 2.75) is 91.6 Å². The standard InChI is InChI=1S/C21H38O3/c1-15(14-18(22)24-6)9-12-19(3)16(2)10-13-20(4)17(19)8-7-11-21(20,5)23/h15-17,23H,7-14H2,1-6H3/t15-,16-,17-,19+,20-,21-/m1/s1. The van der Waals surface area contributed by atoms with Crippen LogP contribution < -0.4 is 0 Å². The number of hydrogen-bond donors (Lipinski definition) is 1. The van der Waals surface area contributed by atoms with E-state index >= 15 is 0 Å². The first-order valence-corrected chi connectivity index (χ1v) is 9.86. The highest BCUT2D eigenvalue weighted by atomic mass is 16.5. The van der Waals surface area contributed by atoms with Crippen LogP contribution in [0.25, 0.3) is 0 Å². The number of rotatable bonds is 5. The van der Waals surface area contributed by atoms with E-state index in [9.17, 15) is 9.90 Å². The zero-order chi connectivity index (χ0) is 18.2. The summed E-state index contributed by atoms with van der Waals surface area (Å²) < 4.78 is 4.82. The minimum absolute atomic E-state index is 0.0259. The van der Waals surface area contributed by atoms with Crippen LogP contribution in [0.2, 0.25) is 0 Å². The molecule has 2 fully saturated rings. The summed E-state index contributed by atoms with van der Waals surface area (Å²) in [4.78, 5) is 11.5. The quantitative estimate of drug-likeness (QED) is 0.721. The third kappa shape index (κ3) is 3.38. The third-order valence-corrected chi connectivity index (χ3v) is 8.09. The van der Waals surface area contributed by atoms with Crippen LogP contribution >= 0.6 is 0 Å². The van der Waals surface area contributed by atoms with Gasteiger partial charge in [0.25, 0.3) is 0 Å². The summed E-state index contributed by atoms with van der Waals surface area (Å²) in [7, 11) is 1.47. The van der Waals surface area contributed by atoms with Crippen molar-refractivity contribution >= 4 is 5.97 Å². The molecule has 2 rings (SSSR count). The van der Waals surface area contributed by atoms with Crippen LogP contribution in [-0.2, 0) is 9.53 Å². The summed E-state index contributed by atoms with van der Waals surface area (Å²) >= 11 is 0. The zero-order valence-electron chi connectivity index (χ0n) is 16.7. The molecule has 0 bridgehead atoms. The molecular weight excluding hydrogens is 300 g/mol. The number of ether oxygens (including phenoxy) is 1. The first kappa shape index (κ1) is 19.8. The smallest absolute Gasteiger partial charge is 0.305 e. The van der Waals surface area contributed by atoms with Gasteiger partial charge in [0.05, 0.1) is 12.7 Å². The fourth-order valence-electron chi connectivity index (χ4n) is 5.77. The lowest BCUT2D eigenvalue weighted by atomic mass is 9.43. The molecule has 0 radical (unpaired) electrons. The van der Waals surface area contributed by atoms with Crippen LogP contribution in [0.15, 0.2) is 0 Å². The molecule has 0 heterocycles. The Balaban J connectivity index is 2.14. The largest absolute Gasteiger partial charge is 0.469 e. The number of aliphatic hydroxyl groups is 1. The third-order valence-electron chi connectivity index (χ3n) is 8.09. The molecule has 0 aromatic carbocycles. The van der Waals surface area contributed by atoms with Gasteiger partial charge in [-0.25, -0.2) is 0 Å². The van der Waals surface area contributed by atoms with E-state index in [1.54, 1.807) is 0 Å². The van der Waals surface area contributed by atoms with Gasteiger partial charge in [-0.3, -0.25) is 4.79 Å². The van der Waals surface area contributed by atoms with E-state index in [-0.39, 0.29) is 16.8 Å². The van der Waals surface area contributed by atoms with Gasteiger partial charge in [0.15, 0.2) is 0 Å². The van der Waals surface area contributed by atoms with Crippen molar-refractivity contribution in [2.75, 3.05) is 7.11 Å². The number of esters is 1. The average Bonchev–Trinajstić information content (AvgIpc) is 2.51. The van der Waals surface area contributed by atoms with E-state index < -0.39 is 5.60 Å². The van der Waals surface area contributed by atoms with Gasteiger partial charge >= 0.3 is 5.97 Å². The van der Waals surface area contributed by atoms with E-state index in [1.807, 2.05) is 0 Å². The maximum atomic E-state index is 11.5. The van der Waals surface area contributed by atoms with Crippen LogP contribution in [-0.4, -0.2) is 23.8 Å². The lowest BCUT2D eigenvalue weighted by Gasteiger charge is -2.63. The predicted octanol–water partition coefficient (Wildman–Crippen LogP) is 4.96. The van der Waals surface area contributed by atoms with Crippen molar-refractivity contribution in [3.8, 4) is 0 Å². The fourth-order valence-corrected chi connectivity index (χ4v) is 5.77. The van der Waals surface area contributed by atoms with Crippen molar-refractivity contribution in [2.24, 2.45) is 28.6 Å². The van der Waals surface area contributed by atoms with Crippen LogP contribution in [0.4, 0.5) is 0 Å². The van der Waals surface area contributed by atoms with E-state index in [0.717, 1.165) is 32.1 Å². The highest BCUT2D eigenvalue weighted by molar-refractivity contribution is 5.69. The number of carbonyl (C=O) groups excluding carboxylic acids is 1. The second-order valence-electron chi connectivity index (χ2n) is 9.51. The molecular formula is C21H38O3. The highest BCUT2D eigenvalue weighted by Crippen LogP contribution is 2.64. The summed E-state index contributed by atoms with van der Waals surface area (Å²) in [6.45, 7) is 11.4. The Morgan fingerprint density at radius 3 is 2.54 bits per heavy atom. The van der Waals surface area contributed by atoms with Crippen molar-refractivity contribution in [3.63, 3.8) is 0 Å². The molecule has 24 heavy (non-hydrogen) atoms. The number of hydrogen-bond acceptors (Lipinski definition) is 3. The average molecular weight is 339 g/mol. The normalized spacial score (nSPS) is 43.8. The first-order chi connectivity index (χ1) is 11.1. The Labute approximate surface area is 148 Å². The van der Waals surface area contributed by atoms with E-state index in [1.165, 1.54) is 20.0 Å². The number of methoxy groups -OCH3 is 1. The molecule has 2 aliphatic carbocycles. The molecule has 0 amide bonds. The number of carbonyl (C=O) groups is 1. The molecule has 0 saturated heterocycles. The lowest BCUT2D eigenvalue weighted by molar-refractivity contribution is -0.193. The topological polar surface area (TPSA) is 46.5 Å². The van der Waals surface area contributed by atoms with Gasteiger partial charge in [0.2, 0.25) is 0 Å². The van der Waals surface area contributed by atoms with Crippen LogP contribution in [0.1, 0.15) is 86.0 Å². The summed E-state index contributed by atoms with van der Waals surface area (Å²) in [5, 5.41) is 11.1. The van der Waals surface area contributed by atoms with E-state index in [4.69, 9.17) is 4.74 Å². The molecule has 0 aliphatic heterocycles. The predicted molar refractivity (Wildman–Crippen MR) is 97.6 cm³/mol. The van der Waals surface area contributed by atoms with Gasteiger partial charge in [0, 0.05) is 6.42 Å². The minimum atomic E-state index is -0.547. The summed E-state index contributed by atoms with van der Waals surface area (Å²) in [5.41, 5.74) is -0.269. The SMILES string of the molecule is COC(=O)C[C@H](C)CC[C@@]1(C)[C@H](C)CC[C@]2(C)[C@@H]1CCC[C@@]2(C)O. The van der Waals surface area contributed by atoms with Gasteiger partial charge < -0.3 is 9.84 Å². The van der Waals surface area contributed by atoms with Crippen LogP contribution in [0.5, 0.6) is 0 Å². The molecule has 0 aromatic heterocycles. The maximum Gasteiger partial charge on any atom is 0.305 e. The van der Waals surface area contributed by atoms with Crippen LogP contribution in [0, 0.1) is 28.6 Å². The maximum absolute atomic E-state index is 11.5. The second-order valence-corrected chi connectivity index (χ2v) is 9.51.